The molecule has 13 aliphatic heterocycles. The molecule has 54 heteroatoms. The number of halogens is 1. The maximum absolute atomic E-state index is 8.75. The number of alkyl halides is 1. The van der Waals surface area contributed by atoms with Crippen LogP contribution in [0.5, 0.6) is 0 Å². The first kappa shape index (κ1) is 130. The fourth-order valence-electron chi connectivity index (χ4n) is 9.59. The van der Waals surface area contributed by atoms with Gasteiger partial charge in [0.2, 0.25) is 0 Å². The van der Waals surface area contributed by atoms with E-state index in [1.165, 1.54) is 179 Å². The summed E-state index contributed by atoms with van der Waals surface area (Å²) in [5.74, 6) is 10.2. The van der Waals surface area contributed by atoms with Gasteiger partial charge in [0.05, 0.1) is 123 Å². The molecule has 0 unspecified atom stereocenters. The molecule has 13 heterocycles. The first-order chi connectivity index (χ1) is 66.3. The fourth-order valence-corrected chi connectivity index (χ4v) is 64.0. The van der Waals surface area contributed by atoms with Gasteiger partial charge in [0.15, 0.2) is 0 Å². The third-order valence-corrected chi connectivity index (χ3v) is 70.9. The van der Waals surface area contributed by atoms with Gasteiger partial charge in [-0.2, -0.15) is 147 Å². The van der Waals surface area contributed by atoms with E-state index in [9.17, 15) is 0 Å². The van der Waals surface area contributed by atoms with E-state index >= 15 is 0 Å². The SMILES string of the molecule is C1CCOC1.CC#N.CSC1=C(SC)SC(=CC=C2SC(CS)=C(SCSC3=C(SCSC4=C(CS)SC(=CC=C5SC(SC)=C(SC)S5)S4)SC(=CC=C4SC(CS)=C(CS)S4)S3)S2)S1.CSC1=C(SCCC#N)SC(=CC=C2SC(CS)=C(CS)S2)S1.CSC1=C(SCCl)SC(=CC=C2SC(CS)=C(CS)S2)S1.N#CCCSC1=C(SCCC#N)SC(=CC=C2SC(CS)=C(CS)S2)S1. The van der Waals surface area contributed by atoms with Crippen molar-refractivity contribution >= 4 is 585 Å². The summed E-state index contributed by atoms with van der Waals surface area (Å²) in [6.45, 7) is 3.43. The van der Waals surface area contributed by atoms with E-state index in [4.69, 9.17) is 62.6 Å². The number of nitriles is 4. The highest BCUT2D eigenvalue weighted by molar-refractivity contribution is 8.47. The number of allylic oxidation sites excluding steroid dienone is 12. The minimum Gasteiger partial charge on any atom is -0.381 e. The number of thiol groups is 10. The smallest absolute Gasteiger partial charge is 0.0733 e. The van der Waals surface area contributed by atoms with Crippen LogP contribution in [0, 0.1) is 45.3 Å². The Morgan fingerprint density at radius 3 is 0.603 bits per heavy atom. The predicted octanol–water partition coefficient (Wildman–Crippen LogP) is 42.3. The largest absolute Gasteiger partial charge is 0.381 e. The Morgan fingerprint density at radius 2 is 0.412 bits per heavy atom. The van der Waals surface area contributed by atoms with Crippen LogP contribution in [0.3, 0.4) is 0 Å². The number of hydrogen-bond donors (Lipinski definition) is 10. The Hall–Kier alpha value is 8.77. The molecule has 136 heavy (non-hydrogen) atoms. The Labute approximate surface area is 1030 Å². The molecule has 0 bridgehead atoms. The lowest BCUT2D eigenvalue weighted by Crippen LogP contribution is -1.80. The van der Waals surface area contributed by atoms with Gasteiger partial charge in [-0.15, -0.1) is 176 Å². The first-order valence-corrected chi connectivity index (χ1v) is 80.6. The molecule has 0 aromatic heterocycles. The average molecular weight is 2720 g/mol. The van der Waals surface area contributed by atoms with E-state index in [0.29, 0.717) is 24.5 Å². The third-order valence-electron chi connectivity index (χ3n) is 15.4. The van der Waals surface area contributed by atoms with Gasteiger partial charge in [-0.05, 0) is 123 Å². The third kappa shape index (κ3) is 46.0. The first-order valence-electron chi connectivity index (χ1n) is 38.9. The second kappa shape index (κ2) is 77.2. The maximum atomic E-state index is 8.75. The summed E-state index contributed by atoms with van der Waals surface area (Å²) >= 11 is 121. The van der Waals surface area contributed by atoms with Crippen molar-refractivity contribution < 1.29 is 4.74 Å². The zero-order chi connectivity index (χ0) is 97.9. The van der Waals surface area contributed by atoms with Crippen LogP contribution in [0.2, 0.25) is 0 Å². The van der Waals surface area contributed by atoms with Crippen molar-refractivity contribution in [3.8, 4) is 24.3 Å². The number of ether oxygens (including phenoxy) is 1. The maximum Gasteiger partial charge on any atom is 0.0733 e. The topological polar surface area (TPSA) is 104 Å². The van der Waals surface area contributed by atoms with Gasteiger partial charge in [0.25, 0.3) is 0 Å². The van der Waals surface area contributed by atoms with Gasteiger partial charge in [-0.25, -0.2) is 0 Å². The van der Waals surface area contributed by atoms with Crippen molar-refractivity contribution in [3.63, 3.8) is 0 Å². The molecular weight excluding hydrogens is 2630 g/mol. The summed E-state index contributed by atoms with van der Waals surface area (Å²) in [5, 5.41) is 36.0. The van der Waals surface area contributed by atoms with Crippen LogP contribution in [-0.2, 0) is 4.74 Å². The summed E-state index contributed by atoms with van der Waals surface area (Å²) in [6.07, 6.45) is 44.1. The molecule has 5 nitrogen and oxygen atoms in total. The molecule has 0 amide bonds. The van der Waals surface area contributed by atoms with Gasteiger partial charge >= 0.3 is 0 Å². The second-order valence-electron chi connectivity index (χ2n) is 24.2. The molecule has 0 N–H and O–H groups in total. The summed E-state index contributed by atoms with van der Waals surface area (Å²) in [4.78, 5) is 13.3. The summed E-state index contributed by atoms with van der Waals surface area (Å²) < 4.78 is 39.8. The zero-order valence-electron chi connectivity index (χ0n) is 72.8. The van der Waals surface area contributed by atoms with E-state index in [0.717, 1.165) is 98.2 Å². The molecular formula is C82H89ClN4OS48. The van der Waals surface area contributed by atoms with Crippen molar-refractivity contribution in [2.45, 2.75) is 39.0 Å². The normalized spacial score (nSPS) is 20.1. The predicted molar refractivity (Wildman–Crippen MR) is 741 cm³/mol. The van der Waals surface area contributed by atoms with Crippen molar-refractivity contribution in [2.75, 3.05) is 141 Å². The van der Waals surface area contributed by atoms with Gasteiger partial charge in [-0.3, -0.25) is 0 Å². The molecule has 0 aromatic carbocycles. The van der Waals surface area contributed by atoms with Crippen LogP contribution < -0.4 is 0 Å². The van der Waals surface area contributed by atoms with E-state index in [-0.39, 0.29) is 0 Å². The average Bonchev–Trinajstić information content (AvgIpc) is 1.68. The molecule has 0 atom stereocenters. The lowest BCUT2D eigenvalue weighted by atomic mass is 10.4. The minimum absolute atomic E-state index is 0.552. The van der Waals surface area contributed by atoms with E-state index in [1.807, 2.05) is 306 Å². The lowest BCUT2D eigenvalue weighted by Gasteiger charge is -2.07. The molecule has 0 aliphatic carbocycles. The molecule has 1 saturated heterocycles. The fraction of sp³-hybridized carbons (Fsp3) is 0.366. The van der Waals surface area contributed by atoms with Crippen molar-refractivity contribution in [1.29, 1.82) is 21.0 Å². The van der Waals surface area contributed by atoms with E-state index in [1.54, 1.807) is 147 Å². The van der Waals surface area contributed by atoms with Crippen LogP contribution in [0.15, 0.2) is 232 Å². The zero-order valence-corrected chi connectivity index (χ0v) is 113. The molecule has 13 rings (SSSR count). The molecule has 0 radical (unpaired) electrons. The number of thioether (sulfide) groups is 38. The summed E-state index contributed by atoms with van der Waals surface area (Å²) in [5.41, 5.74) is 0. The summed E-state index contributed by atoms with van der Waals surface area (Å²) in [6, 6.07) is 8.35. The Morgan fingerprint density at radius 1 is 0.250 bits per heavy atom. The van der Waals surface area contributed by atoms with Gasteiger partial charge in [0, 0.05) is 190 Å². The van der Waals surface area contributed by atoms with E-state index < -0.39 is 0 Å². The van der Waals surface area contributed by atoms with Crippen LogP contribution in [0.1, 0.15) is 39.0 Å². The van der Waals surface area contributed by atoms with Gasteiger partial charge in [0.1, 0.15) is 0 Å². The highest BCUT2D eigenvalue weighted by Gasteiger charge is 2.32. The van der Waals surface area contributed by atoms with Gasteiger partial charge in [-0.1, -0.05) is 282 Å². The van der Waals surface area contributed by atoms with Crippen molar-refractivity contribution in [3.05, 3.63) is 232 Å². The van der Waals surface area contributed by atoms with Crippen LogP contribution >= 0.6 is 585 Å². The Balaban J connectivity index is 0.000000240. The van der Waals surface area contributed by atoms with Crippen LogP contribution in [0.4, 0.5) is 0 Å². The number of hydrogen-bond acceptors (Lipinski definition) is 53. The molecule has 0 spiro atoms. The minimum atomic E-state index is 0.552. The summed E-state index contributed by atoms with van der Waals surface area (Å²) in [7, 11) is 0. The quantitative estimate of drug-likeness (QED) is 0.0124. The Bertz CT molecular complexity index is 4900. The number of rotatable bonds is 41. The highest BCUT2D eigenvalue weighted by Crippen LogP contribution is 2.66. The van der Waals surface area contributed by atoms with Crippen LogP contribution in [0.25, 0.3) is 0 Å². The van der Waals surface area contributed by atoms with Crippen molar-refractivity contribution in [2.24, 2.45) is 0 Å². The van der Waals surface area contributed by atoms with Crippen molar-refractivity contribution in [1.82, 2.24) is 0 Å². The standard InChI is InChI=1S/C34H34S24.C16H16N2S8.C14H15NS8.C12H13ClS8.C4H8O.C2H3N/c1-39-29-30(40-2)54-24(53-29)9-6-22-49-19(13-37)27(51-22)43-15-45-33-34(58-26(57-33)8-5-21-47-17(11-35)18(12-36)48-21)46-16-44-28-20(14-38)50-23(52-28)7-10-25-55-31(41-3)32(42-4)56-25;17-5-1-7-21-15-16(22-8-2-6-18)26-14(25-15)4-3-13-23-11(9-19)12(10-20)24-13;1-18-13-14(19-6-2-5-15)23-12(22-13)4-3-11-20-9(7-16)10(8-17)21-11;1-16-11-12(17-6-13)21-10(20-11)3-2-9-18-7(4-14)8(5-15)19-9;1-2-4-5-3-1;1-2-3/h5-10,35-38H,11-16H2,1-4H3;3-4,19-20H,1-2,7-10H2;3-4,16-17H,2,6-8H2,1H3;2-3,14-15H,4-6H2,1H3;1-4H2;1H3. The van der Waals surface area contributed by atoms with Crippen LogP contribution in [-0.4, -0.2) is 141 Å². The van der Waals surface area contributed by atoms with Gasteiger partial charge < -0.3 is 4.74 Å². The lowest BCUT2D eigenvalue weighted by molar-refractivity contribution is 0.198. The molecule has 13 aliphatic rings. The molecule has 0 aromatic rings. The van der Waals surface area contributed by atoms with E-state index in [2.05, 4.69) is 230 Å². The molecule has 0 saturated carbocycles. The molecule has 1 fully saturated rings. The highest BCUT2D eigenvalue weighted by atomic mass is 35.5. The molecule has 738 valence electrons. The monoisotopic (exact) mass is 2720 g/mol. The number of nitrogens with zero attached hydrogens (tertiary/aromatic N) is 4. The second-order valence-corrected chi connectivity index (χ2v) is 74.7. The Kier molecular flexibility index (Phi) is 73.8.